The number of hydrogen-bond acceptors (Lipinski definition) is 8. The molecule has 0 atom stereocenters. The van der Waals surface area contributed by atoms with E-state index >= 15 is 0 Å². The number of aromatic nitrogens is 2. The van der Waals surface area contributed by atoms with Crippen LogP contribution in [0.25, 0.3) is 152 Å². The summed E-state index contributed by atoms with van der Waals surface area (Å²) in [6.45, 7) is 24.5. The van der Waals surface area contributed by atoms with Gasteiger partial charge in [-0.15, -0.1) is 0 Å². The van der Waals surface area contributed by atoms with Gasteiger partial charge in [0.25, 0.3) is 0 Å². The molecule has 3 aliphatic rings. The summed E-state index contributed by atoms with van der Waals surface area (Å²) in [7, 11) is -1.45. The van der Waals surface area contributed by atoms with E-state index in [4.69, 9.17) is 32.9 Å². The predicted octanol–water partition coefficient (Wildman–Crippen LogP) is 24.3. The maximum Gasteiger partial charge on any atom is 0.514 e. The Morgan fingerprint density at radius 1 is 0.238 bits per heavy atom. The third-order valence-electron chi connectivity index (χ3n) is 23.3. The van der Waals surface area contributed by atoms with Crippen molar-refractivity contribution >= 4 is 150 Å². The lowest BCUT2D eigenvalue weighted by atomic mass is 9.49. The van der Waals surface area contributed by atoms with Crippen LogP contribution < -0.4 is 5.59 Å². The van der Waals surface area contributed by atoms with E-state index in [0.29, 0.717) is 0 Å². The molecule has 105 heavy (non-hydrogen) atoms. The molecule has 0 amide bonds. The second-order valence-corrected chi connectivity index (χ2v) is 31.9. The Morgan fingerprint density at radius 2 is 0.457 bits per heavy atom. The minimum atomic E-state index is -0.494. The molecule has 12 heteroatoms. The van der Waals surface area contributed by atoms with Gasteiger partial charge in [0.2, 0.25) is 0 Å². The van der Waals surface area contributed by atoms with Crippen molar-refractivity contribution in [1.82, 2.24) is 9.97 Å². The summed E-state index contributed by atoms with van der Waals surface area (Å²) >= 11 is 3.50. The topological polar surface area (TPSA) is 81.2 Å². The molecule has 5 heterocycles. The fourth-order valence-corrected chi connectivity index (χ4v) is 16.0. The molecular weight excluding hydrogens is 1350 g/mol. The summed E-state index contributed by atoms with van der Waals surface area (Å²) in [6, 6.07) is 92.7. The van der Waals surface area contributed by atoms with Gasteiger partial charge in [0.05, 0.1) is 39.2 Å². The van der Waals surface area contributed by atoms with Crippen molar-refractivity contribution < 1.29 is 27.9 Å². The van der Waals surface area contributed by atoms with E-state index < -0.39 is 32.3 Å². The highest BCUT2D eigenvalue weighted by atomic mass is 79.9. The minimum absolute atomic E-state index is 0. The summed E-state index contributed by atoms with van der Waals surface area (Å²) in [6.07, 6.45) is 3.94. The molecule has 8 nitrogen and oxygen atoms in total. The van der Waals surface area contributed by atoms with Crippen molar-refractivity contribution in [2.24, 2.45) is 0 Å². The summed E-state index contributed by atoms with van der Waals surface area (Å²) in [5.74, 6) is 0. The van der Waals surface area contributed by atoms with Crippen LogP contribution in [-0.2, 0) is 27.9 Å². The van der Waals surface area contributed by atoms with Crippen molar-refractivity contribution in [2.45, 2.75) is 124 Å². The molecule has 0 spiro atoms. The van der Waals surface area contributed by atoms with Crippen LogP contribution in [0.4, 0.5) is 0 Å². The quantitative estimate of drug-likeness (QED) is 0.0705. The highest BCUT2D eigenvalue weighted by molar-refractivity contribution is 9.10. The Labute approximate surface area is 624 Å². The van der Waals surface area contributed by atoms with Crippen LogP contribution in [0, 0.1) is 0 Å². The zero-order valence-corrected chi connectivity index (χ0v) is 62.4. The molecule has 0 aliphatic carbocycles. The Kier molecular flexibility index (Phi) is 17.4. The van der Waals surface area contributed by atoms with Gasteiger partial charge in [-0.05, 0) is 264 Å². The molecule has 19 rings (SSSR count). The molecule has 0 bridgehead atoms. The normalized spacial score (nSPS) is 16.9. The fourth-order valence-electron chi connectivity index (χ4n) is 15.8. The van der Waals surface area contributed by atoms with E-state index in [0.717, 1.165) is 21.3 Å². The smallest absolute Gasteiger partial charge is 0.405 e. The number of hydrogen-bond donors (Lipinski definition) is 0. The molecular formula is C93H84B3BrN2O6. The van der Waals surface area contributed by atoms with Gasteiger partial charge >= 0.3 is 21.1 Å². The van der Waals surface area contributed by atoms with Gasteiger partial charge in [0.15, 0.2) is 0 Å². The first kappa shape index (κ1) is 69.8. The maximum absolute atomic E-state index is 6.30. The van der Waals surface area contributed by atoms with Crippen LogP contribution in [0.5, 0.6) is 0 Å². The van der Waals surface area contributed by atoms with Crippen LogP contribution in [0.1, 0.15) is 90.5 Å². The molecule has 14 aromatic carbocycles. The molecule has 16 aromatic rings. The highest BCUT2D eigenvalue weighted by Gasteiger charge is 2.64. The monoisotopic (exact) mass is 1440 g/mol. The molecule has 0 unspecified atom stereocenters. The van der Waals surface area contributed by atoms with Crippen LogP contribution >= 0.6 is 15.9 Å². The number of halogens is 1. The Bertz CT molecular complexity index is 5870. The number of pyridine rings is 2. The second-order valence-electron chi connectivity index (χ2n) is 31.1. The van der Waals surface area contributed by atoms with Crippen molar-refractivity contribution in [1.29, 1.82) is 0 Å². The highest BCUT2D eigenvalue weighted by Crippen LogP contribution is 2.50. The summed E-state index contributed by atoms with van der Waals surface area (Å²) in [5.41, 5.74) is 8.08. The van der Waals surface area contributed by atoms with Crippen LogP contribution in [0.2, 0.25) is 0 Å². The van der Waals surface area contributed by atoms with Crippen molar-refractivity contribution in [3.05, 3.63) is 272 Å². The summed E-state index contributed by atoms with van der Waals surface area (Å²) in [5, 5.41) is 25.3. The average molecular weight is 1440 g/mol. The number of fused-ring (bicyclic) bond motifs is 16. The molecule has 2 aromatic heterocycles. The van der Waals surface area contributed by atoms with E-state index in [2.05, 4.69) is 291 Å². The molecule has 0 saturated carbocycles. The van der Waals surface area contributed by atoms with Crippen molar-refractivity contribution in [3.8, 4) is 44.5 Å². The minimum Gasteiger partial charge on any atom is -0.405 e. The van der Waals surface area contributed by atoms with Gasteiger partial charge in [-0.3, -0.25) is 4.98 Å². The van der Waals surface area contributed by atoms with E-state index in [1.807, 2.05) is 79.9 Å². The van der Waals surface area contributed by atoms with Gasteiger partial charge in [-0.2, -0.15) is 0 Å². The molecule has 3 saturated heterocycles. The Hall–Kier alpha value is -9.59. The fraction of sp³-hybridized carbons (Fsp3) is 0.204. The SMILES string of the molecule is Brc1ccc(-c2c3ccccc3c(-c3ccc4c5ccccc5c5ccccc5c4c3)c3ccccc23)cn1.C.CC1(C)OB(B2OC(C)(C)C(C)(C)O2)OC1(C)C.CC1(C)OB(c2ccc(-c3c4ccccc4c(-c4ccc5c6ccccc6c6ccccc6c5c4)c4ccccc34)cn2)OC1(C)C. The summed E-state index contributed by atoms with van der Waals surface area (Å²) in [4.78, 5) is 9.45. The largest absolute Gasteiger partial charge is 0.514 e. The van der Waals surface area contributed by atoms with E-state index in [9.17, 15) is 0 Å². The van der Waals surface area contributed by atoms with Crippen LogP contribution in [0.15, 0.2) is 272 Å². The van der Waals surface area contributed by atoms with Gasteiger partial charge in [0.1, 0.15) is 4.60 Å². The first-order valence-electron chi connectivity index (χ1n) is 36.2. The second kappa shape index (κ2) is 26.2. The molecule has 0 radical (unpaired) electrons. The average Bonchev–Trinajstić information content (AvgIpc) is 1.67. The maximum atomic E-state index is 6.30. The number of nitrogens with zero attached hydrogens (tertiary/aromatic N) is 2. The lowest BCUT2D eigenvalue weighted by Crippen LogP contribution is -2.41. The van der Waals surface area contributed by atoms with Crippen molar-refractivity contribution in [3.63, 3.8) is 0 Å². The lowest BCUT2D eigenvalue weighted by molar-refractivity contribution is 0.00578. The van der Waals surface area contributed by atoms with Crippen LogP contribution in [-0.4, -0.2) is 64.7 Å². The van der Waals surface area contributed by atoms with Crippen molar-refractivity contribution in [2.75, 3.05) is 0 Å². The van der Waals surface area contributed by atoms with Gasteiger partial charge in [-0.25, -0.2) is 4.98 Å². The van der Waals surface area contributed by atoms with Crippen LogP contribution in [0.3, 0.4) is 0 Å². The Balaban J connectivity index is 0.000000132. The zero-order chi connectivity index (χ0) is 71.8. The van der Waals surface area contributed by atoms with Gasteiger partial charge in [-0.1, -0.05) is 238 Å². The zero-order valence-electron chi connectivity index (χ0n) is 60.9. The third-order valence-corrected chi connectivity index (χ3v) is 23.7. The predicted molar refractivity (Wildman–Crippen MR) is 448 cm³/mol. The molecule has 3 aliphatic heterocycles. The first-order chi connectivity index (χ1) is 50.0. The Morgan fingerprint density at radius 3 is 0.714 bits per heavy atom. The molecule has 3 fully saturated rings. The number of rotatable bonds is 6. The number of benzene rings is 14. The van der Waals surface area contributed by atoms with Gasteiger partial charge in [0, 0.05) is 23.5 Å². The molecule has 518 valence electrons. The van der Waals surface area contributed by atoms with E-state index in [1.165, 1.54) is 141 Å². The standard InChI is InChI=1S/C43H34BNO2.C37H22BrN.C12H24B2O4.CH4/c1-42(2)43(3,4)47-44(46-42)39-24-22-28(26-45-39)41-36-19-11-9-17-34(36)40(35-18-10-12-20-37(35)41)27-21-23-33-31-15-6-5-13-29(31)30-14-7-8-16-32(30)38(33)25-27;38-35-20-18-24(22-39-35)37-32-15-7-5-13-30(32)36(31-14-6-8-16-33(31)37)23-17-19-29-27-11-2-1-9-25(27)26-10-3-4-12-28(26)34(29)21-23;1-9(2)10(3,4)16-13(15-9)14-17-11(5,6)12(7,8)18-14;/h5-26H,1-4H3;1-22H;1-8H3;1H4. The summed E-state index contributed by atoms with van der Waals surface area (Å²) < 4.78 is 37.3. The van der Waals surface area contributed by atoms with E-state index in [-0.39, 0.29) is 29.8 Å². The molecule has 0 N–H and O–H groups in total. The van der Waals surface area contributed by atoms with Gasteiger partial charge < -0.3 is 27.9 Å². The lowest BCUT2D eigenvalue weighted by Gasteiger charge is -2.32. The van der Waals surface area contributed by atoms with E-state index in [1.54, 1.807) is 0 Å². The third kappa shape index (κ3) is 11.8. The first-order valence-corrected chi connectivity index (χ1v) is 37.0.